The smallest absolute Gasteiger partial charge is 0.272 e. The van der Waals surface area contributed by atoms with Crippen molar-refractivity contribution in [1.82, 2.24) is 20.4 Å². The van der Waals surface area contributed by atoms with E-state index >= 15 is 0 Å². The van der Waals surface area contributed by atoms with Gasteiger partial charge in [-0.1, -0.05) is 36.4 Å². The van der Waals surface area contributed by atoms with Gasteiger partial charge in [-0.05, 0) is 153 Å². The number of aryl methyl sites for hydroxylation is 2. The third-order valence-corrected chi connectivity index (χ3v) is 12.4. The minimum atomic E-state index is -0.349. The maximum absolute atomic E-state index is 13.2. The largest absolute Gasteiger partial charge is 0.378 e. The van der Waals surface area contributed by atoms with Gasteiger partial charge in [0.05, 0.1) is 55.7 Å². The van der Waals surface area contributed by atoms with Gasteiger partial charge in [-0.3, -0.25) is 39.6 Å². The zero-order valence-corrected chi connectivity index (χ0v) is 39.1. The number of hydrogen-bond donors (Lipinski definition) is 4. The molecule has 4 N–H and O–H groups in total. The predicted molar refractivity (Wildman–Crippen MR) is 277 cm³/mol. The van der Waals surface area contributed by atoms with Gasteiger partial charge in [0.15, 0.2) is 0 Å². The van der Waals surface area contributed by atoms with E-state index in [0.29, 0.717) is 46.0 Å². The number of benzene rings is 6. The van der Waals surface area contributed by atoms with Crippen LogP contribution in [0.3, 0.4) is 0 Å². The summed E-state index contributed by atoms with van der Waals surface area (Å²) >= 11 is 0. The Bertz CT molecular complexity index is 3380. The summed E-state index contributed by atoms with van der Waals surface area (Å²) in [5.41, 5.74) is 10.4. The first-order chi connectivity index (χ1) is 32.3. The standard InChI is InChI=1S/C55H54N8O4/c1-9-62(46-32-14-34(3)48-50(46)54(66)58-56-52(48)64)42-28-20-38(21-29-42)44(36-16-24-40(25-17-36)60(5)6)12-11-13-45(37-18-26-41(27-19-37)61(7)8)39-22-30-43(31-23-39)63(10-2)47-33-15-35(4)49-51(47)55(67)59-57-53(49)65/h11-33H,9-10H2,1-8H3,(H3-,56,57,58,59,64,65,66,67)/p+1. The average molecular weight is 892 g/mol. The normalized spacial score (nSPS) is 11.7. The molecule has 0 unspecified atom stereocenters. The van der Waals surface area contributed by atoms with Crippen molar-refractivity contribution in [1.29, 1.82) is 0 Å². The van der Waals surface area contributed by atoms with Crippen molar-refractivity contribution in [3.63, 3.8) is 0 Å². The monoisotopic (exact) mass is 891 g/mol. The van der Waals surface area contributed by atoms with Gasteiger partial charge in [0.1, 0.15) is 0 Å². The minimum absolute atomic E-state index is 0.333. The number of rotatable bonds is 14. The molecule has 2 aromatic heterocycles. The lowest BCUT2D eigenvalue weighted by atomic mass is 9.90. The van der Waals surface area contributed by atoms with E-state index in [1.54, 1.807) is 0 Å². The molecule has 0 bridgehead atoms. The van der Waals surface area contributed by atoms with E-state index < -0.39 is 0 Å². The first kappa shape index (κ1) is 45.3. The van der Waals surface area contributed by atoms with Crippen LogP contribution in [0, 0.1) is 19.8 Å². The van der Waals surface area contributed by atoms with Crippen LogP contribution in [0.4, 0.5) is 34.1 Å². The zero-order chi connectivity index (χ0) is 47.5. The Morgan fingerprint density at radius 2 is 0.806 bits per heavy atom. The summed E-state index contributed by atoms with van der Waals surface area (Å²) in [6, 6.07) is 41.1. The first-order valence-electron chi connectivity index (χ1n) is 22.3. The Balaban J connectivity index is 1.19. The van der Waals surface area contributed by atoms with Gasteiger partial charge in [0.25, 0.3) is 22.2 Å². The predicted octanol–water partition coefficient (Wildman–Crippen LogP) is 9.47. The van der Waals surface area contributed by atoms with Gasteiger partial charge >= 0.3 is 0 Å². The number of H-pyrrole nitrogens is 4. The number of allylic oxidation sites excluding steroid dienone is 3. The Hall–Kier alpha value is -8.25. The minimum Gasteiger partial charge on any atom is -0.378 e. The number of fused-ring (bicyclic) bond motifs is 2. The lowest BCUT2D eigenvalue weighted by Crippen LogP contribution is -2.24. The van der Waals surface area contributed by atoms with Crippen molar-refractivity contribution >= 4 is 61.2 Å². The van der Waals surface area contributed by atoms with Gasteiger partial charge < -0.3 is 19.6 Å². The van der Waals surface area contributed by atoms with Crippen molar-refractivity contribution in [2.24, 2.45) is 0 Å². The topological polar surface area (TPSA) is 144 Å². The maximum atomic E-state index is 13.2. The van der Waals surface area contributed by atoms with Crippen LogP contribution in [0.2, 0.25) is 0 Å². The van der Waals surface area contributed by atoms with Crippen LogP contribution < -0.4 is 41.8 Å². The fraction of sp³-hybridized carbons (Fsp3) is 0.182. The average Bonchev–Trinajstić information content (AvgIpc) is 3.33. The van der Waals surface area contributed by atoms with Gasteiger partial charge in [-0.25, -0.2) is 0 Å². The molecule has 67 heavy (non-hydrogen) atoms. The zero-order valence-electron chi connectivity index (χ0n) is 39.1. The number of anilines is 6. The molecule has 0 saturated carbocycles. The molecular weight excluding hydrogens is 837 g/mol. The molecule has 0 atom stereocenters. The Morgan fingerprint density at radius 3 is 1.18 bits per heavy atom. The fourth-order valence-corrected chi connectivity index (χ4v) is 8.83. The van der Waals surface area contributed by atoms with E-state index in [1.807, 2.05) is 90.0 Å². The number of aromatic nitrogens is 4. The van der Waals surface area contributed by atoms with Crippen molar-refractivity contribution in [3.8, 4) is 0 Å². The second-order valence-corrected chi connectivity index (χ2v) is 16.9. The third kappa shape index (κ3) is 8.93. The number of aromatic amines is 4. The molecule has 8 aromatic rings. The molecule has 6 aromatic carbocycles. The second-order valence-electron chi connectivity index (χ2n) is 16.9. The summed E-state index contributed by atoms with van der Waals surface area (Å²) in [7, 11) is 8.10. The highest BCUT2D eigenvalue weighted by molar-refractivity contribution is 5.98. The molecule has 12 heteroatoms. The highest BCUT2D eigenvalue weighted by atomic mass is 16.2. The molecule has 0 saturated heterocycles. The Labute approximate surface area is 389 Å². The van der Waals surface area contributed by atoms with Gasteiger partial charge in [-0.15, -0.1) is 0 Å². The van der Waals surface area contributed by atoms with Gasteiger partial charge in [-0.2, -0.15) is 0 Å². The lowest BCUT2D eigenvalue weighted by Gasteiger charge is -2.25. The molecule has 0 aliphatic rings. The van der Waals surface area contributed by atoms with Crippen LogP contribution in [0.5, 0.6) is 0 Å². The van der Waals surface area contributed by atoms with Gasteiger partial charge in [0, 0.05) is 64.4 Å². The van der Waals surface area contributed by atoms with Crippen LogP contribution in [0.15, 0.2) is 159 Å². The Morgan fingerprint density at radius 1 is 0.463 bits per heavy atom. The van der Waals surface area contributed by atoms with E-state index in [1.165, 1.54) is 0 Å². The molecule has 0 fully saturated rings. The molecule has 12 nitrogen and oxygen atoms in total. The van der Waals surface area contributed by atoms with Crippen molar-refractivity contribution in [3.05, 3.63) is 220 Å². The van der Waals surface area contributed by atoms with Crippen LogP contribution in [-0.4, -0.2) is 61.7 Å². The summed E-state index contributed by atoms with van der Waals surface area (Å²) in [5.74, 6) is 1.01. The summed E-state index contributed by atoms with van der Waals surface area (Å²) in [5, 5.41) is 11.4. The molecule has 0 radical (unpaired) electrons. The number of nitrogens with zero attached hydrogens (tertiary/aromatic N) is 4. The van der Waals surface area contributed by atoms with E-state index in [9.17, 15) is 19.2 Å². The number of nitrogens with one attached hydrogen (secondary N) is 4. The number of hydrogen-bond acceptors (Lipinski definition) is 8. The van der Waals surface area contributed by atoms with Crippen molar-refractivity contribution < 1.29 is 0 Å². The van der Waals surface area contributed by atoms with Crippen molar-refractivity contribution in [2.75, 3.05) is 60.9 Å². The molecular formula is C55H55N8O4+. The molecule has 0 amide bonds. The summed E-state index contributed by atoms with van der Waals surface area (Å²) in [6.45, 7) is 8.85. The molecule has 8 rings (SSSR count). The quantitative estimate of drug-likeness (QED) is 0.0625. The molecule has 2 heterocycles. The van der Waals surface area contributed by atoms with Crippen LogP contribution in [0.1, 0.15) is 47.2 Å². The molecule has 338 valence electrons. The summed E-state index contributed by atoms with van der Waals surface area (Å²) < 4.78 is 0. The maximum Gasteiger partial charge on any atom is 0.272 e. The highest BCUT2D eigenvalue weighted by Crippen LogP contribution is 2.36. The molecule has 0 aliphatic carbocycles. The summed E-state index contributed by atoms with van der Waals surface area (Å²) in [4.78, 5) is 60.3. The first-order valence-corrected chi connectivity index (χ1v) is 22.3. The van der Waals surface area contributed by atoms with Crippen molar-refractivity contribution in [2.45, 2.75) is 27.7 Å². The SMILES string of the molecule is CCN(c1ccc(C(=CC=C[C+](c2ccc(N(C)C)cc2)c2ccc(N(CC)c3ccc(C)c4c(=O)[nH][nH]c(=O)c34)cc2)c2ccc(N(C)C)cc2)cc1)c1ccc(C)c2c(=O)[nH][nH]c(=O)c12. The highest BCUT2D eigenvalue weighted by Gasteiger charge is 2.22. The third-order valence-electron chi connectivity index (χ3n) is 12.4. The van der Waals surface area contributed by atoms with E-state index in [4.69, 9.17) is 0 Å². The Kier molecular flexibility index (Phi) is 12.9. The second kappa shape index (κ2) is 19.1. The molecule has 0 spiro atoms. The van der Waals surface area contributed by atoms with Gasteiger partial charge in [0.2, 0.25) is 0 Å². The van der Waals surface area contributed by atoms with E-state index in [0.717, 1.165) is 67.6 Å². The van der Waals surface area contributed by atoms with E-state index in [2.05, 4.69) is 145 Å². The lowest BCUT2D eigenvalue weighted by molar-refractivity contribution is 0.969. The summed E-state index contributed by atoms with van der Waals surface area (Å²) in [6.07, 6.45) is 6.37. The van der Waals surface area contributed by atoms with Crippen LogP contribution in [-0.2, 0) is 0 Å². The molecule has 0 aliphatic heterocycles. The van der Waals surface area contributed by atoms with E-state index in [-0.39, 0.29) is 22.2 Å². The fourth-order valence-electron chi connectivity index (χ4n) is 8.83. The van der Waals surface area contributed by atoms with Crippen LogP contribution >= 0.6 is 0 Å². The van der Waals surface area contributed by atoms with Crippen LogP contribution in [0.25, 0.3) is 27.1 Å².